The maximum atomic E-state index is 11.1. The van der Waals surface area contributed by atoms with Crippen LogP contribution in [0.2, 0.25) is 0 Å². The van der Waals surface area contributed by atoms with Crippen molar-refractivity contribution >= 4 is 46.9 Å². The van der Waals surface area contributed by atoms with E-state index in [2.05, 4.69) is 38.0 Å². The van der Waals surface area contributed by atoms with Crippen LogP contribution in [0.1, 0.15) is 11.1 Å². The van der Waals surface area contributed by atoms with Gasteiger partial charge in [0.25, 0.3) is 0 Å². The number of hydrogen-bond acceptors (Lipinski definition) is 3. The van der Waals surface area contributed by atoms with Crippen LogP contribution in [0.5, 0.6) is 0 Å². The van der Waals surface area contributed by atoms with E-state index in [-0.39, 0.29) is 25.8 Å². The van der Waals surface area contributed by atoms with E-state index in [1.54, 1.807) is 12.1 Å². The van der Waals surface area contributed by atoms with Gasteiger partial charge in [-0.3, -0.25) is 0 Å². The number of rotatable bonds is 2. The molecule has 1 aliphatic rings. The van der Waals surface area contributed by atoms with Crippen LogP contribution >= 0.6 is 15.9 Å². The molecule has 0 N–H and O–H groups in total. The Morgan fingerprint density at radius 1 is 1.35 bits per heavy atom. The van der Waals surface area contributed by atoms with E-state index in [1.807, 2.05) is 13.0 Å². The van der Waals surface area contributed by atoms with Gasteiger partial charge in [-0.25, -0.2) is 0 Å². The number of halogens is 1. The van der Waals surface area contributed by atoms with Gasteiger partial charge in [0, 0.05) is 0 Å². The summed E-state index contributed by atoms with van der Waals surface area (Å²) in [7, 11) is 0. The standard InChI is InChI=1S/C14H11BrN2O2Se/c1-9-5-6-12(11(15)7-9)16-8-10-3-2-4-13(17(18)19)14(10)20-16/h2-7H,8H2,1H3. The zero-order valence-corrected chi connectivity index (χ0v) is 14.0. The molecular weight excluding hydrogens is 387 g/mol. The molecular formula is C14H11BrN2O2Se. The van der Waals surface area contributed by atoms with Gasteiger partial charge in [0.05, 0.1) is 0 Å². The van der Waals surface area contributed by atoms with Gasteiger partial charge < -0.3 is 0 Å². The number of nitrogens with zero attached hydrogens (tertiary/aromatic N) is 2. The van der Waals surface area contributed by atoms with Crippen LogP contribution in [-0.4, -0.2) is 20.1 Å². The summed E-state index contributed by atoms with van der Waals surface area (Å²) in [5.74, 6) is 0. The van der Waals surface area contributed by atoms with Crippen LogP contribution in [0.25, 0.3) is 0 Å². The van der Waals surface area contributed by atoms with Gasteiger partial charge in [-0.2, -0.15) is 0 Å². The minimum absolute atomic E-state index is 0.0588. The molecule has 0 unspecified atom stereocenters. The van der Waals surface area contributed by atoms with E-state index in [1.165, 1.54) is 5.56 Å². The summed E-state index contributed by atoms with van der Waals surface area (Å²) >= 11 is 3.53. The van der Waals surface area contributed by atoms with Crippen molar-refractivity contribution < 1.29 is 4.92 Å². The molecule has 4 nitrogen and oxygen atoms in total. The van der Waals surface area contributed by atoms with Crippen LogP contribution in [0.3, 0.4) is 0 Å². The summed E-state index contributed by atoms with van der Waals surface area (Å²) in [4.78, 5) is 10.8. The van der Waals surface area contributed by atoms with Crippen LogP contribution < -0.4 is 8.38 Å². The fourth-order valence-corrected chi connectivity index (χ4v) is 5.61. The Morgan fingerprint density at radius 2 is 2.15 bits per heavy atom. The van der Waals surface area contributed by atoms with Crippen molar-refractivity contribution in [1.29, 1.82) is 0 Å². The van der Waals surface area contributed by atoms with E-state index < -0.39 is 0 Å². The summed E-state index contributed by atoms with van der Waals surface area (Å²) in [5, 5.41) is 11.1. The Balaban J connectivity index is 1.98. The molecule has 0 aliphatic carbocycles. The predicted octanol–water partition coefficient (Wildman–Crippen LogP) is 2.93. The Hall–Kier alpha value is -1.36. The fraction of sp³-hybridized carbons (Fsp3) is 0.143. The van der Waals surface area contributed by atoms with Gasteiger partial charge in [-0.05, 0) is 0 Å². The maximum absolute atomic E-state index is 11.1. The zero-order chi connectivity index (χ0) is 14.3. The van der Waals surface area contributed by atoms with Crippen LogP contribution in [-0.2, 0) is 6.54 Å². The minimum atomic E-state index is -0.283. The van der Waals surface area contributed by atoms with Crippen molar-refractivity contribution in [3.05, 3.63) is 62.1 Å². The molecule has 0 aromatic heterocycles. The van der Waals surface area contributed by atoms with Crippen molar-refractivity contribution in [3.63, 3.8) is 0 Å². The monoisotopic (exact) mass is 398 g/mol. The average Bonchev–Trinajstić information content (AvgIpc) is 2.81. The van der Waals surface area contributed by atoms with Gasteiger partial charge >= 0.3 is 131 Å². The van der Waals surface area contributed by atoms with Crippen molar-refractivity contribution in [2.24, 2.45) is 0 Å². The topological polar surface area (TPSA) is 46.4 Å². The average molecular weight is 398 g/mol. The van der Waals surface area contributed by atoms with Gasteiger partial charge in [0.1, 0.15) is 0 Å². The Bertz CT molecular complexity index is 706. The van der Waals surface area contributed by atoms with E-state index in [4.69, 9.17) is 0 Å². The molecule has 0 fully saturated rings. The third-order valence-corrected chi connectivity index (χ3v) is 6.31. The predicted molar refractivity (Wildman–Crippen MR) is 83.5 cm³/mol. The first-order valence-electron chi connectivity index (χ1n) is 6.04. The number of hydrogen-bond donors (Lipinski definition) is 0. The van der Waals surface area contributed by atoms with Crippen LogP contribution in [0.15, 0.2) is 40.9 Å². The molecule has 1 heterocycles. The number of benzene rings is 2. The molecule has 0 amide bonds. The van der Waals surface area contributed by atoms with Crippen molar-refractivity contribution in [3.8, 4) is 0 Å². The summed E-state index contributed by atoms with van der Waals surface area (Å²) in [6.45, 7) is 2.78. The first-order chi connectivity index (χ1) is 9.56. The summed E-state index contributed by atoms with van der Waals surface area (Å²) in [6, 6.07) is 11.5. The van der Waals surface area contributed by atoms with Crippen molar-refractivity contribution in [2.75, 3.05) is 3.92 Å². The van der Waals surface area contributed by atoms with Gasteiger partial charge in [0.15, 0.2) is 0 Å². The molecule has 2 aromatic rings. The number of anilines is 1. The fourth-order valence-electron chi connectivity index (χ4n) is 2.19. The Morgan fingerprint density at radius 3 is 2.85 bits per heavy atom. The number of nitro groups is 1. The molecule has 102 valence electrons. The molecule has 1 aliphatic heterocycles. The van der Waals surface area contributed by atoms with Gasteiger partial charge in [-0.15, -0.1) is 0 Å². The van der Waals surface area contributed by atoms with Crippen LogP contribution in [0.4, 0.5) is 11.4 Å². The quantitative estimate of drug-likeness (QED) is 0.444. The molecule has 0 bridgehead atoms. The third kappa shape index (κ3) is 2.35. The second-order valence-corrected chi connectivity index (χ2v) is 7.62. The molecule has 0 radical (unpaired) electrons. The Kier molecular flexibility index (Phi) is 3.54. The van der Waals surface area contributed by atoms with E-state index in [9.17, 15) is 10.1 Å². The van der Waals surface area contributed by atoms with E-state index in [0.29, 0.717) is 0 Å². The van der Waals surface area contributed by atoms with Gasteiger partial charge in [0.2, 0.25) is 0 Å². The van der Waals surface area contributed by atoms with E-state index in [0.717, 1.165) is 26.7 Å². The normalized spacial score (nSPS) is 13.4. The second kappa shape index (κ2) is 5.20. The van der Waals surface area contributed by atoms with Crippen molar-refractivity contribution in [2.45, 2.75) is 13.5 Å². The molecule has 0 saturated heterocycles. The first-order valence-corrected chi connectivity index (χ1v) is 8.46. The SMILES string of the molecule is Cc1ccc(N2Cc3cccc([N+](=O)[O-])c3[Se]2)c(Br)c1. The number of aryl methyl sites for hydroxylation is 1. The molecule has 2 aromatic carbocycles. The Labute approximate surface area is 131 Å². The summed E-state index contributed by atoms with van der Waals surface area (Å²) < 4.78 is 4.14. The zero-order valence-electron chi connectivity index (χ0n) is 10.7. The molecule has 0 atom stereocenters. The number of fused-ring (bicyclic) bond motifs is 1. The van der Waals surface area contributed by atoms with Crippen LogP contribution in [0, 0.1) is 17.0 Å². The molecule has 0 saturated carbocycles. The van der Waals surface area contributed by atoms with E-state index >= 15 is 0 Å². The summed E-state index contributed by atoms with van der Waals surface area (Å²) in [5.41, 5.74) is 3.59. The second-order valence-electron chi connectivity index (χ2n) is 4.61. The molecule has 0 spiro atoms. The molecule has 20 heavy (non-hydrogen) atoms. The molecule has 3 rings (SSSR count). The third-order valence-electron chi connectivity index (χ3n) is 3.16. The van der Waals surface area contributed by atoms with Gasteiger partial charge in [-0.1, -0.05) is 0 Å². The van der Waals surface area contributed by atoms with Crippen molar-refractivity contribution in [1.82, 2.24) is 0 Å². The first kappa shape index (κ1) is 13.6. The number of nitro benzene ring substituents is 1. The summed E-state index contributed by atoms with van der Waals surface area (Å²) in [6.07, 6.45) is 0. The molecule has 6 heteroatoms.